The largest absolute Gasteiger partial charge is 0.378 e. The van der Waals surface area contributed by atoms with Crippen LogP contribution in [0.5, 0.6) is 0 Å². The number of nitrogens with zero attached hydrogens (tertiary/aromatic N) is 1. The number of hydrogen-bond acceptors (Lipinski definition) is 1. The molecule has 0 aromatic heterocycles. The minimum atomic E-state index is -1.21. The fraction of sp³-hybridized carbons (Fsp3) is 0.500. The highest BCUT2D eigenvalue weighted by atomic mass is 28.3. The van der Waals surface area contributed by atoms with Crippen LogP contribution >= 0.6 is 0 Å². The Morgan fingerprint density at radius 1 is 1.07 bits per heavy atom. The van der Waals surface area contributed by atoms with Gasteiger partial charge >= 0.3 is 0 Å². The molecule has 78 valence electrons. The summed E-state index contributed by atoms with van der Waals surface area (Å²) >= 11 is 0. The van der Waals surface area contributed by atoms with Crippen LogP contribution in [0.3, 0.4) is 0 Å². The van der Waals surface area contributed by atoms with Gasteiger partial charge in [0.25, 0.3) is 0 Å². The molecule has 0 bridgehead atoms. The second-order valence-corrected chi connectivity index (χ2v) is 10.2. The van der Waals surface area contributed by atoms with Gasteiger partial charge in [-0.05, 0) is 18.2 Å². The van der Waals surface area contributed by atoms with Crippen LogP contribution in [0.4, 0.5) is 5.69 Å². The summed E-state index contributed by atoms with van der Waals surface area (Å²) in [6, 6.07) is 6.78. The topological polar surface area (TPSA) is 3.24 Å². The molecule has 0 aliphatic heterocycles. The van der Waals surface area contributed by atoms with E-state index in [0.717, 1.165) is 0 Å². The highest BCUT2D eigenvalue weighted by Crippen LogP contribution is 2.15. The minimum absolute atomic E-state index is 1.21. The van der Waals surface area contributed by atoms with Crippen molar-refractivity contribution in [1.82, 2.24) is 0 Å². The summed E-state index contributed by atoms with van der Waals surface area (Å²) in [5, 5.41) is 1.56. The Morgan fingerprint density at radius 3 is 2.07 bits per heavy atom. The van der Waals surface area contributed by atoms with Crippen LogP contribution in [0.1, 0.15) is 5.56 Å². The van der Waals surface area contributed by atoms with Crippen molar-refractivity contribution in [3.63, 3.8) is 0 Å². The van der Waals surface area contributed by atoms with E-state index < -0.39 is 8.07 Å². The normalized spacial score (nSPS) is 11.6. The molecule has 1 rings (SSSR count). The van der Waals surface area contributed by atoms with E-state index in [1.165, 1.54) is 11.3 Å². The van der Waals surface area contributed by atoms with Crippen LogP contribution < -0.4 is 10.1 Å². The lowest BCUT2D eigenvalue weighted by atomic mass is 10.2. The Labute approximate surface area is 88.8 Å². The molecule has 0 heterocycles. The van der Waals surface area contributed by atoms with E-state index in [1.807, 2.05) is 0 Å². The number of benzene rings is 1. The summed E-state index contributed by atoms with van der Waals surface area (Å²) in [4.78, 5) is 2.22. The zero-order chi connectivity index (χ0) is 10.9. The van der Waals surface area contributed by atoms with Crippen LogP contribution in [-0.4, -0.2) is 22.2 Å². The van der Waals surface area contributed by atoms with Gasteiger partial charge < -0.3 is 4.90 Å². The van der Waals surface area contributed by atoms with E-state index in [2.05, 4.69) is 63.8 Å². The number of aryl methyl sites for hydroxylation is 1. The zero-order valence-corrected chi connectivity index (χ0v) is 11.2. The van der Waals surface area contributed by atoms with Crippen molar-refractivity contribution in [3.05, 3.63) is 23.8 Å². The van der Waals surface area contributed by atoms with E-state index in [0.29, 0.717) is 0 Å². The van der Waals surface area contributed by atoms with Crippen molar-refractivity contribution >= 4 is 18.9 Å². The third-order valence-electron chi connectivity index (χ3n) is 2.44. The molecule has 0 unspecified atom stereocenters. The predicted octanol–water partition coefficient (Wildman–Crippen LogP) is 2.61. The van der Waals surface area contributed by atoms with Gasteiger partial charge in [0.1, 0.15) is 0 Å². The Hall–Kier alpha value is -0.763. The molecule has 0 spiro atoms. The average Bonchev–Trinajstić information content (AvgIpc) is 2.01. The third kappa shape index (κ3) is 2.38. The molecule has 0 amide bonds. The summed E-state index contributed by atoms with van der Waals surface area (Å²) in [7, 11) is 3.02. The highest BCUT2D eigenvalue weighted by molar-refractivity contribution is 6.89. The lowest BCUT2D eigenvalue weighted by Gasteiger charge is -2.25. The lowest BCUT2D eigenvalue weighted by Crippen LogP contribution is -2.41. The predicted molar refractivity (Wildman–Crippen MR) is 68.5 cm³/mol. The van der Waals surface area contributed by atoms with Crippen LogP contribution in [0.2, 0.25) is 19.6 Å². The molecule has 0 N–H and O–H groups in total. The summed E-state index contributed by atoms with van der Waals surface area (Å²) in [6.45, 7) is 9.36. The van der Waals surface area contributed by atoms with Gasteiger partial charge in [0.2, 0.25) is 0 Å². The summed E-state index contributed by atoms with van der Waals surface area (Å²) in [6.07, 6.45) is 0. The monoisotopic (exact) mass is 207 g/mol. The summed E-state index contributed by atoms with van der Waals surface area (Å²) in [5.74, 6) is 0. The lowest BCUT2D eigenvalue weighted by molar-refractivity contribution is 1.14. The van der Waals surface area contributed by atoms with Gasteiger partial charge in [0, 0.05) is 19.8 Å². The van der Waals surface area contributed by atoms with E-state index in [1.54, 1.807) is 5.19 Å². The van der Waals surface area contributed by atoms with Crippen molar-refractivity contribution in [3.8, 4) is 0 Å². The van der Waals surface area contributed by atoms with Crippen LogP contribution in [-0.2, 0) is 0 Å². The van der Waals surface area contributed by atoms with Gasteiger partial charge in [-0.25, -0.2) is 0 Å². The first-order chi connectivity index (χ1) is 6.32. The second-order valence-electron chi connectivity index (χ2n) is 5.17. The number of anilines is 1. The SMILES string of the molecule is Cc1ccc(N(C)C)c([Si](C)(C)C)c1. The average molecular weight is 207 g/mol. The highest BCUT2D eigenvalue weighted by Gasteiger charge is 2.20. The standard InChI is InChI=1S/C12H21NSi/c1-10-7-8-11(13(2)3)12(9-10)14(4,5)6/h7-9H,1-6H3. The van der Waals surface area contributed by atoms with E-state index in [4.69, 9.17) is 0 Å². The van der Waals surface area contributed by atoms with E-state index in [9.17, 15) is 0 Å². The van der Waals surface area contributed by atoms with Crippen LogP contribution in [0.25, 0.3) is 0 Å². The van der Waals surface area contributed by atoms with Gasteiger partial charge in [-0.2, -0.15) is 0 Å². The van der Waals surface area contributed by atoms with Crippen molar-refractivity contribution in [1.29, 1.82) is 0 Å². The fourth-order valence-electron chi connectivity index (χ4n) is 1.64. The van der Waals surface area contributed by atoms with Crippen molar-refractivity contribution in [2.75, 3.05) is 19.0 Å². The fourth-order valence-corrected chi connectivity index (χ4v) is 3.38. The Kier molecular flexibility index (Phi) is 3.05. The Balaban J connectivity index is 3.30. The molecule has 0 saturated carbocycles. The van der Waals surface area contributed by atoms with E-state index >= 15 is 0 Å². The third-order valence-corrected chi connectivity index (χ3v) is 4.46. The van der Waals surface area contributed by atoms with Crippen molar-refractivity contribution in [2.24, 2.45) is 0 Å². The molecule has 1 aromatic carbocycles. The second kappa shape index (κ2) is 3.77. The first-order valence-electron chi connectivity index (χ1n) is 5.11. The quantitative estimate of drug-likeness (QED) is 0.674. The maximum absolute atomic E-state index is 2.40. The molecule has 0 radical (unpaired) electrons. The Bertz CT molecular complexity index is 324. The van der Waals surface area contributed by atoms with Gasteiger partial charge in [0.05, 0.1) is 8.07 Å². The maximum atomic E-state index is 2.40. The van der Waals surface area contributed by atoms with Gasteiger partial charge in [-0.3, -0.25) is 0 Å². The first kappa shape index (κ1) is 11.3. The molecule has 2 heteroatoms. The summed E-state index contributed by atoms with van der Waals surface area (Å²) in [5.41, 5.74) is 2.75. The molecular formula is C12H21NSi. The van der Waals surface area contributed by atoms with Gasteiger partial charge in [-0.1, -0.05) is 37.3 Å². The zero-order valence-electron chi connectivity index (χ0n) is 10.2. The van der Waals surface area contributed by atoms with Gasteiger partial charge in [0.15, 0.2) is 0 Å². The first-order valence-corrected chi connectivity index (χ1v) is 8.61. The minimum Gasteiger partial charge on any atom is -0.378 e. The molecule has 1 nitrogen and oxygen atoms in total. The van der Waals surface area contributed by atoms with E-state index in [-0.39, 0.29) is 0 Å². The maximum Gasteiger partial charge on any atom is 0.0803 e. The van der Waals surface area contributed by atoms with Crippen LogP contribution in [0, 0.1) is 6.92 Å². The smallest absolute Gasteiger partial charge is 0.0803 e. The van der Waals surface area contributed by atoms with Crippen LogP contribution in [0.15, 0.2) is 18.2 Å². The molecule has 0 fully saturated rings. The number of hydrogen-bond donors (Lipinski definition) is 0. The molecule has 0 aliphatic rings. The molecule has 1 aromatic rings. The number of rotatable bonds is 2. The van der Waals surface area contributed by atoms with Crippen molar-refractivity contribution < 1.29 is 0 Å². The molecule has 0 aliphatic carbocycles. The van der Waals surface area contributed by atoms with Gasteiger partial charge in [-0.15, -0.1) is 0 Å². The molecular weight excluding hydrogens is 186 g/mol. The Morgan fingerprint density at radius 2 is 1.64 bits per heavy atom. The molecule has 0 saturated heterocycles. The summed E-state index contributed by atoms with van der Waals surface area (Å²) < 4.78 is 0. The molecule has 0 atom stereocenters. The van der Waals surface area contributed by atoms with Crippen molar-refractivity contribution in [2.45, 2.75) is 26.6 Å². The molecule has 14 heavy (non-hydrogen) atoms.